The third-order valence-electron chi connectivity index (χ3n) is 7.66. The Morgan fingerprint density at radius 3 is 1.15 bits per heavy atom. The molecule has 0 unspecified atom stereocenters. The van der Waals surface area contributed by atoms with E-state index in [1.807, 2.05) is 0 Å². The number of fused-ring (bicyclic) bond motifs is 2. The molecule has 198 valence electrons. The van der Waals surface area contributed by atoms with Crippen molar-refractivity contribution >= 4 is 33.3 Å². The molecule has 2 heterocycles. The van der Waals surface area contributed by atoms with Crippen LogP contribution in [0.1, 0.15) is 38.8 Å². The number of hydrogen-bond acceptors (Lipinski definition) is 4. The van der Waals surface area contributed by atoms with Gasteiger partial charge in [-0.05, 0) is 95.8 Å². The van der Waals surface area contributed by atoms with Gasteiger partial charge in [0, 0.05) is 11.1 Å². The first-order valence-corrected chi connectivity index (χ1v) is 13.9. The van der Waals surface area contributed by atoms with Crippen LogP contribution in [0.2, 0.25) is 0 Å². The zero-order chi connectivity index (χ0) is 27.5. The van der Waals surface area contributed by atoms with E-state index < -0.39 is 0 Å². The van der Waals surface area contributed by atoms with Crippen molar-refractivity contribution < 1.29 is 9.47 Å². The minimum atomic E-state index is -0.203. The first-order valence-electron chi connectivity index (χ1n) is 13.9. The van der Waals surface area contributed by atoms with E-state index in [2.05, 4.69) is 125 Å². The van der Waals surface area contributed by atoms with Gasteiger partial charge < -0.3 is 9.47 Å². The van der Waals surface area contributed by atoms with Crippen LogP contribution in [0.5, 0.6) is 0 Å². The highest BCUT2D eigenvalue weighted by Gasteiger charge is 2.28. The smallest absolute Gasteiger partial charge is 0.216 e. The Kier molecular flexibility index (Phi) is 5.57. The lowest BCUT2D eigenvalue weighted by atomic mass is 9.85. The Balaban J connectivity index is 1.46. The molecule has 0 radical (unpaired) electrons. The molecular weight excluding hydrogens is 492 g/mol. The van der Waals surface area contributed by atoms with Crippen molar-refractivity contribution in [2.24, 2.45) is 9.98 Å². The van der Waals surface area contributed by atoms with Crippen LogP contribution >= 0.6 is 0 Å². The lowest BCUT2D eigenvalue weighted by Crippen LogP contribution is -2.17. The standard InChI is InChI=1S/C36H32N2O2/c1-35(2)21-39-33(37-35)25-13-9-11-23(19-25)31-27-15-5-7-17-29(27)32(30-18-8-6-16-28(30)31)24-12-10-14-26(20-24)34-38-36(3,4)22-40-34/h5-20H,21-22H2,1-4H3. The highest BCUT2D eigenvalue weighted by molar-refractivity contribution is 6.21. The van der Waals surface area contributed by atoms with Crippen LogP contribution < -0.4 is 0 Å². The van der Waals surface area contributed by atoms with E-state index in [9.17, 15) is 0 Å². The quantitative estimate of drug-likeness (QED) is 0.221. The Bertz CT molecular complexity index is 1670. The first-order chi connectivity index (χ1) is 19.3. The minimum Gasteiger partial charge on any atom is -0.475 e. The maximum atomic E-state index is 5.99. The van der Waals surface area contributed by atoms with Gasteiger partial charge in [0.25, 0.3) is 0 Å². The van der Waals surface area contributed by atoms with E-state index in [4.69, 9.17) is 19.5 Å². The predicted octanol–water partition coefficient (Wildman–Crippen LogP) is 8.44. The van der Waals surface area contributed by atoms with Gasteiger partial charge in [-0.25, -0.2) is 9.98 Å². The molecule has 0 saturated carbocycles. The summed E-state index contributed by atoms with van der Waals surface area (Å²) in [5, 5.41) is 4.85. The molecule has 0 aliphatic carbocycles. The van der Waals surface area contributed by atoms with Gasteiger partial charge in [0.1, 0.15) is 13.2 Å². The van der Waals surface area contributed by atoms with E-state index in [0.717, 1.165) is 22.3 Å². The van der Waals surface area contributed by atoms with Crippen LogP contribution in [0.4, 0.5) is 0 Å². The van der Waals surface area contributed by atoms with Crippen molar-refractivity contribution in [3.63, 3.8) is 0 Å². The largest absolute Gasteiger partial charge is 0.475 e. The highest BCUT2D eigenvalue weighted by atomic mass is 16.5. The minimum absolute atomic E-state index is 0.203. The van der Waals surface area contributed by atoms with Crippen LogP contribution in [-0.2, 0) is 9.47 Å². The van der Waals surface area contributed by atoms with Gasteiger partial charge in [-0.3, -0.25) is 0 Å². The summed E-state index contributed by atoms with van der Waals surface area (Å²) in [6, 6.07) is 34.6. The summed E-state index contributed by atoms with van der Waals surface area (Å²) < 4.78 is 12.0. The second-order valence-electron chi connectivity index (χ2n) is 12.0. The molecule has 4 heteroatoms. The molecule has 0 N–H and O–H groups in total. The molecular formula is C36H32N2O2. The number of benzene rings is 5. The maximum absolute atomic E-state index is 5.99. The van der Waals surface area contributed by atoms with Crippen LogP contribution in [0.25, 0.3) is 43.8 Å². The summed E-state index contributed by atoms with van der Waals surface area (Å²) in [6.07, 6.45) is 0. The molecule has 0 aromatic heterocycles. The van der Waals surface area contributed by atoms with Crippen molar-refractivity contribution in [2.45, 2.75) is 38.8 Å². The fourth-order valence-electron chi connectivity index (χ4n) is 5.83. The van der Waals surface area contributed by atoms with E-state index >= 15 is 0 Å². The van der Waals surface area contributed by atoms with Crippen molar-refractivity contribution in [3.05, 3.63) is 108 Å². The van der Waals surface area contributed by atoms with Gasteiger partial charge >= 0.3 is 0 Å². The zero-order valence-corrected chi connectivity index (χ0v) is 23.4. The Morgan fingerprint density at radius 1 is 0.475 bits per heavy atom. The second-order valence-corrected chi connectivity index (χ2v) is 12.0. The summed E-state index contributed by atoms with van der Waals surface area (Å²) in [6.45, 7) is 9.61. The molecule has 0 fully saturated rings. The monoisotopic (exact) mass is 524 g/mol. The summed E-state index contributed by atoms with van der Waals surface area (Å²) in [5.74, 6) is 1.43. The predicted molar refractivity (Wildman–Crippen MR) is 165 cm³/mol. The van der Waals surface area contributed by atoms with Gasteiger partial charge in [-0.2, -0.15) is 0 Å². The second kappa shape index (κ2) is 9.06. The summed E-state index contributed by atoms with van der Waals surface area (Å²) >= 11 is 0. The Morgan fingerprint density at radius 2 is 0.825 bits per heavy atom. The van der Waals surface area contributed by atoms with Crippen molar-refractivity contribution in [3.8, 4) is 22.3 Å². The van der Waals surface area contributed by atoms with Crippen molar-refractivity contribution in [1.82, 2.24) is 0 Å². The molecule has 4 nitrogen and oxygen atoms in total. The molecule has 2 aliphatic heterocycles. The average molecular weight is 525 g/mol. The van der Waals surface area contributed by atoms with Gasteiger partial charge in [-0.1, -0.05) is 72.8 Å². The molecule has 0 bridgehead atoms. The average Bonchev–Trinajstić information content (AvgIpc) is 3.52. The van der Waals surface area contributed by atoms with Gasteiger partial charge in [-0.15, -0.1) is 0 Å². The van der Waals surface area contributed by atoms with E-state index in [0.29, 0.717) is 25.0 Å². The molecule has 0 spiro atoms. The first kappa shape index (κ1) is 24.6. The Hall–Kier alpha value is -4.44. The van der Waals surface area contributed by atoms with Gasteiger partial charge in [0.05, 0.1) is 11.1 Å². The van der Waals surface area contributed by atoms with E-state index in [1.165, 1.54) is 32.7 Å². The normalized spacial score (nSPS) is 17.4. The molecule has 0 atom stereocenters. The topological polar surface area (TPSA) is 43.2 Å². The van der Waals surface area contributed by atoms with Crippen LogP contribution in [0.15, 0.2) is 107 Å². The maximum Gasteiger partial charge on any atom is 0.216 e. The molecule has 7 rings (SSSR count). The summed E-state index contributed by atoms with van der Waals surface area (Å²) in [4.78, 5) is 9.66. The number of aliphatic imine (C=N–C) groups is 2. The number of hydrogen-bond donors (Lipinski definition) is 0. The number of nitrogens with zero attached hydrogens (tertiary/aromatic N) is 2. The SMILES string of the molecule is CC1(C)COC(c2cccc(-c3c4ccccc4c(-c4cccc(C5=NC(C)(C)CO5)c4)c4ccccc34)c2)=N1. The molecule has 0 saturated heterocycles. The van der Waals surface area contributed by atoms with Crippen molar-refractivity contribution in [2.75, 3.05) is 13.2 Å². The molecule has 5 aromatic carbocycles. The highest BCUT2D eigenvalue weighted by Crippen LogP contribution is 2.44. The van der Waals surface area contributed by atoms with Crippen LogP contribution in [0.3, 0.4) is 0 Å². The van der Waals surface area contributed by atoms with E-state index in [-0.39, 0.29) is 11.1 Å². The fraction of sp³-hybridized carbons (Fsp3) is 0.222. The number of ether oxygens (including phenoxy) is 2. The molecule has 40 heavy (non-hydrogen) atoms. The lowest BCUT2D eigenvalue weighted by molar-refractivity contribution is 0.279. The van der Waals surface area contributed by atoms with Crippen LogP contribution in [-0.4, -0.2) is 36.1 Å². The fourth-order valence-corrected chi connectivity index (χ4v) is 5.83. The molecule has 0 amide bonds. The lowest BCUT2D eigenvalue weighted by Gasteiger charge is -2.18. The van der Waals surface area contributed by atoms with Crippen LogP contribution in [0, 0.1) is 0 Å². The van der Waals surface area contributed by atoms with E-state index in [1.54, 1.807) is 0 Å². The third-order valence-corrected chi connectivity index (χ3v) is 7.66. The Labute approximate surface area is 235 Å². The van der Waals surface area contributed by atoms with Crippen molar-refractivity contribution in [1.29, 1.82) is 0 Å². The molecule has 2 aliphatic rings. The third kappa shape index (κ3) is 4.24. The summed E-state index contributed by atoms with van der Waals surface area (Å²) in [5.41, 5.74) is 6.35. The molecule has 5 aromatic rings. The van der Waals surface area contributed by atoms with Gasteiger partial charge in [0.15, 0.2) is 0 Å². The van der Waals surface area contributed by atoms with Gasteiger partial charge in [0.2, 0.25) is 11.8 Å². The zero-order valence-electron chi connectivity index (χ0n) is 23.4. The number of rotatable bonds is 4. The summed E-state index contributed by atoms with van der Waals surface area (Å²) in [7, 11) is 0.